The Morgan fingerprint density at radius 3 is 2.56 bits per heavy atom. The molecule has 136 valence electrons. The van der Waals surface area contributed by atoms with Crippen molar-refractivity contribution in [2.24, 2.45) is 5.10 Å². The Balaban J connectivity index is 1.67. The van der Waals surface area contributed by atoms with Gasteiger partial charge in [0.2, 0.25) is 0 Å². The maximum Gasteiger partial charge on any atom is 0.329 e. The Hall–Kier alpha value is -3.87. The van der Waals surface area contributed by atoms with Gasteiger partial charge in [0.25, 0.3) is 0 Å². The predicted octanol–water partition coefficient (Wildman–Crippen LogP) is 2.64. The van der Waals surface area contributed by atoms with E-state index < -0.39 is 11.8 Å². The number of methoxy groups -OCH3 is 1. The van der Waals surface area contributed by atoms with Crippen molar-refractivity contribution >= 4 is 34.5 Å². The van der Waals surface area contributed by atoms with E-state index in [1.54, 1.807) is 30.3 Å². The molecule has 0 unspecified atom stereocenters. The first-order valence-electron chi connectivity index (χ1n) is 8.08. The monoisotopic (exact) mass is 363 g/mol. The Labute approximate surface area is 155 Å². The predicted molar refractivity (Wildman–Crippen MR) is 103 cm³/mol. The second-order valence-electron chi connectivity index (χ2n) is 5.58. The second kappa shape index (κ2) is 8.01. The van der Waals surface area contributed by atoms with E-state index in [4.69, 9.17) is 4.74 Å². The standard InChI is InChI=1S/C20H17N3O4/c1-27-17-11-5-8-14(18(17)24)12-21-23-20(26)19(25)22-16-10-4-7-13-6-2-3-9-15(13)16/h2-12,24H,1H3,(H,22,25)(H,23,26)/b21-12-. The zero-order valence-corrected chi connectivity index (χ0v) is 14.5. The van der Waals surface area contributed by atoms with Crippen LogP contribution in [0, 0.1) is 0 Å². The second-order valence-corrected chi connectivity index (χ2v) is 5.58. The smallest absolute Gasteiger partial charge is 0.329 e. The molecule has 0 saturated heterocycles. The van der Waals surface area contributed by atoms with Crippen LogP contribution in [-0.4, -0.2) is 30.2 Å². The average Bonchev–Trinajstić information content (AvgIpc) is 2.69. The minimum Gasteiger partial charge on any atom is -0.504 e. The van der Waals surface area contributed by atoms with Crippen LogP contribution in [0.3, 0.4) is 0 Å². The molecule has 0 aliphatic carbocycles. The minimum absolute atomic E-state index is 0.113. The summed E-state index contributed by atoms with van der Waals surface area (Å²) in [5.74, 6) is -1.61. The first-order valence-corrected chi connectivity index (χ1v) is 8.08. The van der Waals surface area contributed by atoms with Gasteiger partial charge in [-0.3, -0.25) is 9.59 Å². The maximum atomic E-state index is 12.1. The molecule has 0 bridgehead atoms. The zero-order valence-electron chi connectivity index (χ0n) is 14.5. The highest BCUT2D eigenvalue weighted by molar-refractivity contribution is 6.40. The molecule has 0 aliphatic heterocycles. The molecule has 3 aromatic rings. The molecule has 3 aromatic carbocycles. The molecule has 7 heteroatoms. The summed E-state index contributed by atoms with van der Waals surface area (Å²) in [6.45, 7) is 0. The number of nitrogens with zero attached hydrogens (tertiary/aromatic N) is 1. The van der Waals surface area contributed by atoms with Gasteiger partial charge in [-0.15, -0.1) is 0 Å². The molecule has 0 radical (unpaired) electrons. The number of nitrogens with one attached hydrogen (secondary N) is 2. The highest BCUT2D eigenvalue weighted by Crippen LogP contribution is 2.28. The molecule has 3 rings (SSSR count). The summed E-state index contributed by atoms with van der Waals surface area (Å²) in [6.07, 6.45) is 1.22. The van der Waals surface area contributed by atoms with E-state index in [1.807, 2.05) is 30.3 Å². The van der Waals surface area contributed by atoms with Gasteiger partial charge in [0.05, 0.1) is 13.3 Å². The number of rotatable bonds is 4. The van der Waals surface area contributed by atoms with E-state index in [0.717, 1.165) is 10.8 Å². The van der Waals surface area contributed by atoms with Gasteiger partial charge in [0, 0.05) is 16.6 Å². The van der Waals surface area contributed by atoms with Crippen molar-refractivity contribution in [2.75, 3.05) is 12.4 Å². The molecule has 7 nitrogen and oxygen atoms in total. The fourth-order valence-electron chi connectivity index (χ4n) is 2.53. The Kier molecular flexibility index (Phi) is 5.32. The molecule has 0 atom stereocenters. The number of hydrogen-bond donors (Lipinski definition) is 3. The first-order chi connectivity index (χ1) is 13.1. The van der Waals surface area contributed by atoms with E-state index in [2.05, 4.69) is 15.8 Å². The molecular formula is C20H17N3O4. The van der Waals surface area contributed by atoms with Crippen molar-refractivity contribution in [1.82, 2.24) is 5.43 Å². The van der Waals surface area contributed by atoms with Gasteiger partial charge >= 0.3 is 11.8 Å². The first kappa shape index (κ1) is 17.9. The van der Waals surface area contributed by atoms with Crippen LogP contribution < -0.4 is 15.5 Å². The lowest BCUT2D eigenvalue weighted by Gasteiger charge is -2.08. The van der Waals surface area contributed by atoms with Crippen LogP contribution in [0.5, 0.6) is 11.5 Å². The quantitative estimate of drug-likeness (QED) is 0.377. The van der Waals surface area contributed by atoms with Gasteiger partial charge in [0.15, 0.2) is 11.5 Å². The molecule has 0 aromatic heterocycles. The molecule has 0 spiro atoms. The van der Waals surface area contributed by atoms with Crippen molar-refractivity contribution in [2.45, 2.75) is 0 Å². The van der Waals surface area contributed by atoms with Crippen LogP contribution in [0.25, 0.3) is 10.8 Å². The van der Waals surface area contributed by atoms with Crippen LogP contribution in [-0.2, 0) is 9.59 Å². The number of hydrazone groups is 1. The number of benzene rings is 3. The van der Waals surface area contributed by atoms with Crippen molar-refractivity contribution in [1.29, 1.82) is 0 Å². The van der Waals surface area contributed by atoms with Crippen LogP contribution in [0.15, 0.2) is 65.8 Å². The van der Waals surface area contributed by atoms with Gasteiger partial charge in [-0.2, -0.15) is 5.10 Å². The van der Waals surface area contributed by atoms with Gasteiger partial charge in [-0.25, -0.2) is 5.43 Å². The molecule has 3 N–H and O–H groups in total. The molecule has 0 aliphatic rings. The van der Waals surface area contributed by atoms with Gasteiger partial charge in [-0.1, -0.05) is 42.5 Å². The zero-order chi connectivity index (χ0) is 19.2. The molecule has 27 heavy (non-hydrogen) atoms. The molecule has 0 fully saturated rings. The third kappa shape index (κ3) is 4.04. The van der Waals surface area contributed by atoms with Crippen molar-refractivity contribution < 1.29 is 19.4 Å². The number of carbonyl (C=O) groups is 2. The SMILES string of the molecule is COc1cccc(/C=N\NC(=O)C(=O)Nc2cccc3ccccc23)c1O. The topological polar surface area (TPSA) is 100 Å². The lowest BCUT2D eigenvalue weighted by molar-refractivity contribution is -0.136. The number of hydrogen-bond acceptors (Lipinski definition) is 5. The minimum atomic E-state index is -0.929. The normalized spacial score (nSPS) is 10.7. The highest BCUT2D eigenvalue weighted by atomic mass is 16.5. The Bertz CT molecular complexity index is 1030. The van der Waals surface area contributed by atoms with E-state index >= 15 is 0 Å². The third-order valence-corrected chi connectivity index (χ3v) is 3.86. The maximum absolute atomic E-state index is 12.1. The molecule has 0 saturated carbocycles. The van der Waals surface area contributed by atoms with Crippen molar-refractivity contribution in [3.8, 4) is 11.5 Å². The summed E-state index contributed by atoms with van der Waals surface area (Å²) >= 11 is 0. The number of aromatic hydroxyl groups is 1. The summed E-state index contributed by atoms with van der Waals surface area (Å²) < 4.78 is 4.99. The number of para-hydroxylation sites is 1. The largest absolute Gasteiger partial charge is 0.504 e. The Morgan fingerprint density at radius 1 is 1.00 bits per heavy atom. The molecule has 0 heterocycles. The number of amides is 2. The third-order valence-electron chi connectivity index (χ3n) is 3.86. The summed E-state index contributed by atoms with van der Waals surface area (Å²) in [5, 5.41) is 18.0. The fourth-order valence-corrected chi connectivity index (χ4v) is 2.53. The molecular weight excluding hydrogens is 346 g/mol. The summed E-state index contributed by atoms with van der Waals surface area (Å²) in [5.41, 5.74) is 3.00. The van der Waals surface area contributed by atoms with E-state index in [9.17, 15) is 14.7 Å². The molecule has 2 amide bonds. The summed E-state index contributed by atoms with van der Waals surface area (Å²) in [7, 11) is 1.43. The number of anilines is 1. The van der Waals surface area contributed by atoms with E-state index in [0.29, 0.717) is 11.3 Å². The number of ether oxygens (including phenoxy) is 1. The lowest BCUT2D eigenvalue weighted by atomic mass is 10.1. The summed E-state index contributed by atoms with van der Waals surface area (Å²) in [4.78, 5) is 24.1. The lowest BCUT2D eigenvalue weighted by Crippen LogP contribution is -2.32. The Morgan fingerprint density at radius 2 is 1.74 bits per heavy atom. The van der Waals surface area contributed by atoms with E-state index in [1.165, 1.54) is 13.3 Å². The number of phenolic OH excluding ortho intramolecular Hbond substituents is 1. The van der Waals surface area contributed by atoms with Gasteiger partial charge in [0.1, 0.15) is 0 Å². The van der Waals surface area contributed by atoms with Gasteiger partial charge < -0.3 is 15.2 Å². The fraction of sp³-hybridized carbons (Fsp3) is 0.0500. The van der Waals surface area contributed by atoms with Crippen molar-refractivity contribution in [3.63, 3.8) is 0 Å². The number of phenols is 1. The summed E-state index contributed by atoms with van der Waals surface area (Å²) in [6, 6.07) is 17.8. The highest BCUT2D eigenvalue weighted by Gasteiger charge is 2.14. The number of carbonyl (C=O) groups excluding carboxylic acids is 2. The van der Waals surface area contributed by atoms with E-state index in [-0.39, 0.29) is 11.5 Å². The number of fused-ring (bicyclic) bond motifs is 1. The van der Waals surface area contributed by atoms with Crippen LogP contribution in [0.1, 0.15) is 5.56 Å². The van der Waals surface area contributed by atoms with Crippen LogP contribution >= 0.6 is 0 Å². The average molecular weight is 363 g/mol. The van der Waals surface area contributed by atoms with Crippen LogP contribution in [0.2, 0.25) is 0 Å². The van der Waals surface area contributed by atoms with Crippen molar-refractivity contribution in [3.05, 3.63) is 66.2 Å². The van der Waals surface area contributed by atoms with Crippen LogP contribution in [0.4, 0.5) is 5.69 Å². The van der Waals surface area contributed by atoms with Gasteiger partial charge in [-0.05, 0) is 23.6 Å².